The minimum absolute atomic E-state index is 0.0676. The molecule has 2 rings (SSSR count). The van der Waals surface area contributed by atoms with E-state index in [1.54, 1.807) is 42.5 Å². The zero-order chi connectivity index (χ0) is 17.5. The van der Waals surface area contributed by atoms with Crippen molar-refractivity contribution in [3.05, 3.63) is 63.6 Å². The first-order valence-electron chi connectivity index (χ1n) is 7.02. The smallest absolute Gasteiger partial charge is 0.325 e. The summed E-state index contributed by atoms with van der Waals surface area (Å²) >= 11 is 12.0. The maximum absolute atomic E-state index is 12.1. The van der Waals surface area contributed by atoms with Crippen LogP contribution in [0.5, 0.6) is 5.75 Å². The molecule has 0 aliphatic rings. The van der Waals surface area contributed by atoms with E-state index < -0.39 is 11.9 Å². The van der Waals surface area contributed by atoms with E-state index >= 15 is 0 Å². The monoisotopic (exact) mass is 367 g/mol. The second-order valence-electron chi connectivity index (χ2n) is 4.74. The van der Waals surface area contributed by atoms with Gasteiger partial charge in [0.2, 0.25) is 0 Å². The van der Waals surface area contributed by atoms with Gasteiger partial charge in [-0.15, -0.1) is 0 Å². The Morgan fingerprint density at radius 3 is 2.38 bits per heavy atom. The average molecular weight is 368 g/mol. The van der Waals surface area contributed by atoms with Crippen LogP contribution in [-0.4, -0.2) is 25.5 Å². The molecule has 0 unspecified atom stereocenters. The van der Waals surface area contributed by atoms with Gasteiger partial charge in [0.25, 0.3) is 5.91 Å². The van der Waals surface area contributed by atoms with Crippen molar-refractivity contribution in [1.82, 2.24) is 5.32 Å². The summed E-state index contributed by atoms with van der Waals surface area (Å²) in [5.41, 5.74) is 0.854. The lowest BCUT2D eigenvalue weighted by molar-refractivity contribution is -0.143. The Morgan fingerprint density at radius 1 is 1.04 bits per heavy atom. The van der Waals surface area contributed by atoms with E-state index in [9.17, 15) is 9.59 Å². The summed E-state index contributed by atoms with van der Waals surface area (Å²) in [5, 5.41) is 3.30. The van der Waals surface area contributed by atoms with Crippen LogP contribution in [0, 0.1) is 0 Å². The van der Waals surface area contributed by atoms with Crippen LogP contribution < -0.4 is 10.1 Å². The van der Waals surface area contributed by atoms with Gasteiger partial charge in [-0.3, -0.25) is 9.59 Å². The first kappa shape index (κ1) is 18.1. The topological polar surface area (TPSA) is 64.6 Å². The van der Waals surface area contributed by atoms with E-state index in [2.05, 4.69) is 5.32 Å². The van der Waals surface area contributed by atoms with Crippen LogP contribution in [0.4, 0.5) is 0 Å². The normalized spacial score (nSPS) is 10.1. The number of ether oxygens (including phenoxy) is 2. The van der Waals surface area contributed by atoms with Crippen LogP contribution in [-0.2, 0) is 16.1 Å². The largest absolute Gasteiger partial charge is 0.496 e. The highest BCUT2D eigenvalue weighted by molar-refractivity contribution is 6.35. The number of carbonyl (C=O) groups excluding carboxylic acids is 2. The van der Waals surface area contributed by atoms with Crippen molar-refractivity contribution in [1.29, 1.82) is 0 Å². The quantitative estimate of drug-likeness (QED) is 0.793. The number of nitrogens with one attached hydrogen (secondary N) is 1. The number of hydrogen-bond donors (Lipinski definition) is 1. The molecule has 0 saturated carbocycles. The maximum Gasteiger partial charge on any atom is 0.325 e. The Hall–Kier alpha value is -2.24. The standard InChI is InChI=1S/C17H15Cl2NO4/c1-23-15-8-3-2-5-11(15)17(22)20-9-16(21)24-10-12-13(18)6-4-7-14(12)19/h2-8H,9-10H2,1H3,(H,20,22). The molecule has 126 valence electrons. The number of carbonyl (C=O) groups is 2. The van der Waals surface area contributed by atoms with Gasteiger partial charge in [-0.2, -0.15) is 0 Å². The number of methoxy groups -OCH3 is 1. The van der Waals surface area contributed by atoms with Gasteiger partial charge in [0.15, 0.2) is 0 Å². The fourth-order valence-corrected chi connectivity index (χ4v) is 2.46. The fraction of sp³-hybridized carbons (Fsp3) is 0.176. The molecule has 0 atom stereocenters. The summed E-state index contributed by atoms with van der Waals surface area (Å²) < 4.78 is 10.2. The molecule has 0 aliphatic heterocycles. The summed E-state index contributed by atoms with van der Waals surface area (Å²) in [6, 6.07) is 11.7. The Labute approximate surface area is 149 Å². The molecule has 7 heteroatoms. The van der Waals surface area contributed by atoms with Crippen molar-refractivity contribution in [3.8, 4) is 5.75 Å². The van der Waals surface area contributed by atoms with E-state index in [-0.39, 0.29) is 13.2 Å². The number of halogens is 2. The van der Waals surface area contributed by atoms with Crippen molar-refractivity contribution < 1.29 is 19.1 Å². The van der Waals surface area contributed by atoms with Gasteiger partial charge in [0, 0.05) is 15.6 Å². The highest BCUT2D eigenvalue weighted by Gasteiger charge is 2.14. The number of rotatable bonds is 6. The van der Waals surface area contributed by atoms with Crippen LogP contribution in [0.1, 0.15) is 15.9 Å². The van der Waals surface area contributed by atoms with E-state index in [1.165, 1.54) is 7.11 Å². The molecule has 5 nitrogen and oxygen atoms in total. The number of esters is 1. The van der Waals surface area contributed by atoms with Gasteiger partial charge in [0.1, 0.15) is 18.9 Å². The first-order valence-corrected chi connectivity index (χ1v) is 7.78. The molecule has 0 aromatic heterocycles. The second kappa shape index (κ2) is 8.57. The van der Waals surface area contributed by atoms with Gasteiger partial charge >= 0.3 is 5.97 Å². The lowest BCUT2D eigenvalue weighted by Gasteiger charge is -2.10. The predicted octanol–water partition coefficient (Wildman–Crippen LogP) is 3.48. The van der Waals surface area contributed by atoms with E-state index in [0.29, 0.717) is 26.9 Å². The lowest BCUT2D eigenvalue weighted by atomic mass is 10.2. The number of para-hydroxylation sites is 1. The van der Waals surface area contributed by atoms with E-state index in [4.69, 9.17) is 32.7 Å². The van der Waals surface area contributed by atoms with Gasteiger partial charge in [-0.25, -0.2) is 0 Å². The van der Waals surface area contributed by atoms with Crippen molar-refractivity contribution in [3.63, 3.8) is 0 Å². The van der Waals surface area contributed by atoms with Crippen LogP contribution in [0.2, 0.25) is 10.0 Å². The van der Waals surface area contributed by atoms with E-state index in [0.717, 1.165) is 0 Å². The molecule has 0 bridgehead atoms. The molecule has 2 aromatic carbocycles. The van der Waals surface area contributed by atoms with Crippen molar-refractivity contribution in [2.24, 2.45) is 0 Å². The SMILES string of the molecule is COc1ccccc1C(=O)NCC(=O)OCc1c(Cl)cccc1Cl. The average Bonchev–Trinajstić information content (AvgIpc) is 2.59. The molecule has 2 aromatic rings. The molecule has 0 aliphatic carbocycles. The summed E-state index contributed by atoms with van der Waals surface area (Å²) in [4.78, 5) is 23.8. The van der Waals surface area contributed by atoms with Crippen LogP contribution in [0.25, 0.3) is 0 Å². The third-order valence-electron chi connectivity index (χ3n) is 3.18. The summed E-state index contributed by atoms with van der Waals surface area (Å²) in [5.74, 6) is -0.611. The molecule has 0 fully saturated rings. The highest BCUT2D eigenvalue weighted by atomic mass is 35.5. The molecule has 0 spiro atoms. The van der Waals surface area contributed by atoms with Gasteiger partial charge in [-0.05, 0) is 24.3 Å². The maximum atomic E-state index is 12.1. The molecular formula is C17H15Cl2NO4. The zero-order valence-electron chi connectivity index (χ0n) is 12.8. The van der Waals surface area contributed by atoms with Crippen LogP contribution in [0.15, 0.2) is 42.5 Å². The van der Waals surface area contributed by atoms with Crippen molar-refractivity contribution >= 4 is 35.1 Å². The number of benzene rings is 2. The van der Waals surface area contributed by atoms with Gasteiger partial charge in [0.05, 0.1) is 12.7 Å². The fourth-order valence-electron chi connectivity index (χ4n) is 1.95. The Bertz CT molecular complexity index is 729. The van der Waals surface area contributed by atoms with Crippen LogP contribution in [0.3, 0.4) is 0 Å². The third kappa shape index (κ3) is 4.63. The van der Waals surface area contributed by atoms with Gasteiger partial charge in [-0.1, -0.05) is 41.4 Å². The molecular weight excluding hydrogens is 353 g/mol. The highest BCUT2D eigenvalue weighted by Crippen LogP contribution is 2.24. The van der Waals surface area contributed by atoms with Crippen LogP contribution >= 0.6 is 23.2 Å². The minimum atomic E-state index is -0.603. The molecule has 0 radical (unpaired) electrons. The Kier molecular flexibility index (Phi) is 6.46. The van der Waals surface area contributed by atoms with E-state index in [1.807, 2.05) is 0 Å². The first-order chi connectivity index (χ1) is 11.5. The summed E-state index contributed by atoms with van der Waals surface area (Å²) in [6.07, 6.45) is 0. The predicted molar refractivity (Wildman–Crippen MR) is 91.6 cm³/mol. The number of amides is 1. The minimum Gasteiger partial charge on any atom is -0.496 e. The summed E-state index contributed by atoms with van der Waals surface area (Å²) in [7, 11) is 1.47. The zero-order valence-corrected chi connectivity index (χ0v) is 14.4. The van der Waals surface area contributed by atoms with Crippen molar-refractivity contribution in [2.45, 2.75) is 6.61 Å². The molecule has 0 heterocycles. The molecule has 1 N–H and O–H groups in total. The second-order valence-corrected chi connectivity index (χ2v) is 5.56. The summed E-state index contributed by atoms with van der Waals surface area (Å²) in [6.45, 7) is -0.346. The Balaban J connectivity index is 1.88. The molecule has 1 amide bonds. The third-order valence-corrected chi connectivity index (χ3v) is 3.89. The molecule has 0 saturated heterocycles. The lowest BCUT2D eigenvalue weighted by Crippen LogP contribution is -2.30. The number of hydrogen-bond acceptors (Lipinski definition) is 4. The Morgan fingerprint density at radius 2 is 1.71 bits per heavy atom. The molecule has 24 heavy (non-hydrogen) atoms. The van der Waals surface area contributed by atoms with Gasteiger partial charge < -0.3 is 14.8 Å². The van der Waals surface area contributed by atoms with Crippen molar-refractivity contribution in [2.75, 3.05) is 13.7 Å².